The number of aryl methyl sites for hydroxylation is 1. The van der Waals surface area contributed by atoms with Crippen LogP contribution in [0.1, 0.15) is 40.0 Å². The van der Waals surface area contributed by atoms with Crippen molar-refractivity contribution in [2.45, 2.75) is 31.3 Å². The molecule has 1 aliphatic heterocycles. The Balaban J connectivity index is 1.49. The highest BCUT2D eigenvalue weighted by Crippen LogP contribution is 2.33. The number of carbonyl (C=O) groups is 1. The van der Waals surface area contributed by atoms with Crippen LogP contribution in [0.15, 0.2) is 102 Å². The molecule has 200 valence electrons. The van der Waals surface area contributed by atoms with E-state index < -0.39 is 10.0 Å². The van der Waals surface area contributed by atoms with Crippen LogP contribution in [-0.2, 0) is 16.6 Å². The van der Waals surface area contributed by atoms with E-state index >= 15 is 0 Å². The molecule has 4 aromatic carbocycles. The quantitative estimate of drug-likeness (QED) is 0.311. The lowest BCUT2D eigenvalue weighted by Gasteiger charge is -2.27. The van der Waals surface area contributed by atoms with Gasteiger partial charge in [0, 0.05) is 0 Å². The molecule has 0 spiro atoms. The molecule has 0 fully saturated rings. The highest BCUT2D eigenvalue weighted by molar-refractivity contribution is 7.92. The Bertz CT molecular complexity index is 1570. The average Bonchev–Trinajstić information content (AvgIpc) is 2.96. The van der Waals surface area contributed by atoms with Gasteiger partial charge in [-0.3, -0.25) is 9.10 Å². The van der Waals surface area contributed by atoms with Gasteiger partial charge in [0.25, 0.3) is 15.9 Å². The Morgan fingerprint density at radius 2 is 1.54 bits per heavy atom. The Morgan fingerprint density at radius 1 is 0.872 bits per heavy atom. The van der Waals surface area contributed by atoms with Crippen LogP contribution in [0.2, 0.25) is 0 Å². The van der Waals surface area contributed by atoms with Crippen molar-refractivity contribution >= 4 is 21.6 Å². The van der Waals surface area contributed by atoms with Crippen molar-refractivity contribution in [1.29, 1.82) is 0 Å². The van der Waals surface area contributed by atoms with Gasteiger partial charge in [0.1, 0.15) is 13.2 Å². The maximum absolute atomic E-state index is 14.0. The molecule has 7 nitrogen and oxygen atoms in total. The molecule has 0 saturated carbocycles. The SMILES string of the molecule is Cc1ccc(S(=O)(=O)N(Cc2ccccc2)c2ccccc2C(=O)N[C@@H](C)c2ccc3c(c2)OCCO3)cc1. The highest BCUT2D eigenvalue weighted by Gasteiger charge is 2.29. The largest absolute Gasteiger partial charge is 0.486 e. The lowest BCUT2D eigenvalue weighted by Crippen LogP contribution is -2.34. The molecular weight excluding hydrogens is 512 g/mol. The van der Waals surface area contributed by atoms with Crippen molar-refractivity contribution in [3.63, 3.8) is 0 Å². The molecule has 1 aliphatic rings. The normalized spacial score (nSPS) is 13.4. The third-order valence-corrected chi connectivity index (χ3v) is 8.38. The van der Waals surface area contributed by atoms with Gasteiger partial charge in [-0.05, 0) is 61.4 Å². The van der Waals surface area contributed by atoms with Crippen LogP contribution in [0.3, 0.4) is 0 Å². The first-order valence-corrected chi connectivity index (χ1v) is 14.2. The van der Waals surface area contributed by atoms with E-state index in [0.717, 1.165) is 16.7 Å². The molecule has 4 aromatic rings. The number of benzene rings is 4. The number of fused-ring (bicyclic) bond motifs is 1. The van der Waals surface area contributed by atoms with Gasteiger partial charge in [-0.2, -0.15) is 0 Å². The van der Waals surface area contributed by atoms with E-state index in [-0.39, 0.29) is 29.0 Å². The second kappa shape index (κ2) is 11.2. The minimum Gasteiger partial charge on any atom is -0.486 e. The molecule has 1 N–H and O–H groups in total. The van der Waals surface area contributed by atoms with E-state index in [2.05, 4.69) is 5.32 Å². The molecule has 0 radical (unpaired) electrons. The van der Waals surface area contributed by atoms with Gasteiger partial charge >= 0.3 is 0 Å². The fourth-order valence-electron chi connectivity index (χ4n) is 4.46. The van der Waals surface area contributed by atoms with Crippen LogP contribution in [0.4, 0.5) is 5.69 Å². The van der Waals surface area contributed by atoms with Crippen LogP contribution in [-0.4, -0.2) is 27.5 Å². The predicted molar refractivity (Wildman–Crippen MR) is 151 cm³/mol. The lowest BCUT2D eigenvalue weighted by molar-refractivity contribution is 0.0940. The summed E-state index contributed by atoms with van der Waals surface area (Å²) in [4.78, 5) is 13.8. The standard InChI is InChI=1S/C31H30N2O5S/c1-22-12-15-26(16-13-22)39(35,36)33(21-24-8-4-3-5-9-24)28-11-7-6-10-27(28)31(34)32-23(2)25-14-17-29-30(20-25)38-19-18-37-29/h3-17,20,23H,18-19,21H2,1-2H3,(H,32,34)/t23-/m0/s1. The number of nitrogens with zero attached hydrogens (tertiary/aromatic N) is 1. The molecule has 5 rings (SSSR count). The van der Waals surface area contributed by atoms with Crippen LogP contribution < -0.4 is 19.1 Å². The van der Waals surface area contributed by atoms with Gasteiger partial charge in [-0.1, -0.05) is 66.2 Å². The number of sulfonamides is 1. The first-order valence-electron chi connectivity index (χ1n) is 12.8. The molecule has 0 saturated heterocycles. The van der Waals surface area contributed by atoms with Gasteiger partial charge < -0.3 is 14.8 Å². The number of hydrogen-bond donors (Lipinski definition) is 1. The summed E-state index contributed by atoms with van der Waals surface area (Å²) < 4.78 is 40.5. The summed E-state index contributed by atoms with van der Waals surface area (Å²) in [5.41, 5.74) is 3.16. The van der Waals surface area contributed by atoms with E-state index in [4.69, 9.17) is 9.47 Å². The zero-order chi connectivity index (χ0) is 27.4. The maximum atomic E-state index is 14.0. The zero-order valence-electron chi connectivity index (χ0n) is 21.8. The molecule has 1 atom stereocenters. The van der Waals surface area contributed by atoms with Gasteiger partial charge in [0.15, 0.2) is 11.5 Å². The van der Waals surface area contributed by atoms with Crippen LogP contribution >= 0.6 is 0 Å². The lowest BCUT2D eigenvalue weighted by atomic mass is 10.1. The number of ether oxygens (including phenoxy) is 2. The number of carbonyl (C=O) groups excluding carboxylic acids is 1. The fourth-order valence-corrected chi connectivity index (χ4v) is 5.93. The Labute approximate surface area is 229 Å². The maximum Gasteiger partial charge on any atom is 0.264 e. The number of amides is 1. The molecule has 1 heterocycles. The second-order valence-electron chi connectivity index (χ2n) is 9.43. The first-order chi connectivity index (χ1) is 18.8. The summed E-state index contributed by atoms with van der Waals surface area (Å²) >= 11 is 0. The molecule has 8 heteroatoms. The Hall–Kier alpha value is -4.30. The number of nitrogens with one attached hydrogen (secondary N) is 1. The van der Waals surface area contributed by atoms with E-state index in [0.29, 0.717) is 30.4 Å². The van der Waals surface area contributed by atoms with Crippen molar-refractivity contribution < 1.29 is 22.7 Å². The van der Waals surface area contributed by atoms with E-state index in [1.54, 1.807) is 48.5 Å². The van der Waals surface area contributed by atoms with Crippen molar-refractivity contribution in [3.8, 4) is 11.5 Å². The van der Waals surface area contributed by atoms with Crippen molar-refractivity contribution in [2.75, 3.05) is 17.5 Å². The molecule has 0 bridgehead atoms. The highest BCUT2D eigenvalue weighted by atomic mass is 32.2. The summed E-state index contributed by atoms with van der Waals surface area (Å²) in [7, 11) is -3.99. The smallest absolute Gasteiger partial charge is 0.264 e. The van der Waals surface area contributed by atoms with Gasteiger partial charge in [0.05, 0.1) is 28.7 Å². The van der Waals surface area contributed by atoms with Gasteiger partial charge in [-0.25, -0.2) is 8.42 Å². The molecule has 0 aromatic heterocycles. The third kappa shape index (κ3) is 5.76. The zero-order valence-corrected chi connectivity index (χ0v) is 22.6. The first kappa shape index (κ1) is 26.3. The van der Waals surface area contributed by atoms with Crippen molar-refractivity contribution in [1.82, 2.24) is 5.32 Å². The van der Waals surface area contributed by atoms with E-state index in [1.165, 1.54) is 4.31 Å². The van der Waals surface area contributed by atoms with Crippen LogP contribution in [0.25, 0.3) is 0 Å². The summed E-state index contributed by atoms with van der Waals surface area (Å²) in [6.45, 7) is 4.81. The topological polar surface area (TPSA) is 84.9 Å². The number of hydrogen-bond acceptors (Lipinski definition) is 5. The van der Waals surface area contributed by atoms with Crippen LogP contribution in [0, 0.1) is 6.92 Å². The number of rotatable bonds is 8. The van der Waals surface area contributed by atoms with Crippen molar-refractivity contribution in [2.24, 2.45) is 0 Å². The minimum atomic E-state index is -3.99. The molecule has 39 heavy (non-hydrogen) atoms. The molecule has 0 unspecified atom stereocenters. The second-order valence-corrected chi connectivity index (χ2v) is 11.3. The van der Waals surface area contributed by atoms with Gasteiger partial charge in [-0.15, -0.1) is 0 Å². The summed E-state index contributed by atoms with van der Waals surface area (Å²) in [6.07, 6.45) is 0. The van der Waals surface area contributed by atoms with E-state index in [9.17, 15) is 13.2 Å². The van der Waals surface area contributed by atoms with E-state index in [1.807, 2.05) is 62.4 Å². The molecule has 1 amide bonds. The van der Waals surface area contributed by atoms with Crippen LogP contribution in [0.5, 0.6) is 11.5 Å². The Kier molecular flexibility index (Phi) is 7.56. The number of anilines is 1. The van der Waals surface area contributed by atoms with Gasteiger partial charge in [0.2, 0.25) is 0 Å². The monoisotopic (exact) mass is 542 g/mol. The number of para-hydroxylation sites is 1. The third-order valence-electron chi connectivity index (χ3n) is 6.61. The predicted octanol–water partition coefficient (Wildman–Crippen LogP) is 5.65. The Morgan fingerprint density at radius 3 is 2.28 bits per heavy atom. The molecular formula is C31H30N2O5S. The van der Waals surface area contributed by atoms with Crippen molar-refractivity contribution in [3.05, 3.63) is 119 Å². The summed E-state index contributed by atoms with van der Waals surface area (Å²) in [6, 6.07) is 28.0. The molecule has 0 aliphatic carbocycles. The fraction of sp³-hybridized carbons (Fsp3) is 0.194. The minimum absolute atomic E-state index is 0.0685. The average molecular weight is 543 g/mol. The summed E-state index contributed by atoms with van der Waals surface area (Å²) in [5, 5.41) is 3.02. The summed E-state index contributed by atoms with van der Waals surface area (Å²) in [5.74, 6) is 0.926.